The third-order valence-electron chi connectivity index (χ3n) is 2.80. The first-order chi connectivity index (χ1) is 9.92. The molecule has 4 N–H and O–H groups in total. The Morgan fingerprint density at radius 3 is 2.71 bits per heavy atom. The van der Waals surface area contributed by atoms with Gasteiger partial charge in [-0.1, -0.05) is 0 Å². The summed E-state index contributed by atoms with van der Waals surface area (Å²) in [5.74, 6) is 6.06. The molecule has 2 aromatic rings. The highest BCUT2D eigenvalue weighted by atomic mass is 32.2. The maximum absolute atomic E-state index is 12.1. The van der Waals surface area contributed by atoms with Crippen molar-refractivity contribution in [2.45, 2.75) is 4.90 Å². The zero-order valence-electron chi connectivity index (χ0n) is 11.4. The van der Waals surface area contributed by atoms with Crippen LogP contribution in [0.5, 0.6) is 0 Å². The number of sulfonamides is 1. The fraction of sp³-hybridized carbons (Fsp3) is 0.250. The van der Waals surface area contributed by atoms with Crippen LogP contribution in [0.3, 0.4) is 0 Å². The molecule has 0 saturated carbocycles. The van der Waals surface area contributed by atoms with Gasteiger partial charge < -0.3 is 5.43 Å². The van der Waals surface area contributed by atoms with Crippen LogP contribution in [0.15, 0.2) is 35.2 Å². The van der Waals surface area contributed by atoms with Crippen molar-refractivity contribution in [3.63, 3.8) is 0 Å². The Balaban J connectivity index is 2.27. The molecule has 114 valence electrons. The molecule has 1 heterocycles. The molecule has 21 heavy (non-hydrogen) atoms. The number of hydrazine groups is 1. The Kier molecular flexibility index (Phi) is 4.88. The molecule has 0 bridgehead atoms. The highest BCUT2D eigenvalue weighted by molar-refractivity contribution is 7.89. The number of hydrogen-bond donors (Lipinski definition) is 3. The zero-order chi connectivity index (χ0) is 15.5. The highest BCUT2D eigenvalue weighted by Gasteiger charge is 2.14. The van der Waals surface area contributed by atoms with E-state index >= 15 is 0 Å². The number of fused-ring (bicyclic) bond motifs is 1. The van der Waals surface area contributed by atoms with E-state index in [0.717, 1.165) is 0 Å². The van der Waals surface area contributed by atoms with Crippen molar-refractivity contribution in [2.24, 2.45) is 5.84 Å². The van der Waals surface area contributed by atoms with E-state index in [1.54, 1.807) is 18.2 Å². The lowest BCUT2D eigenvalue weighted by Gasteiger charge is -2.07. The van der Waals surface area contributed by atoms with Gasteiger partial charge in [0.15, 0.2) is 0 Å². The Bertz CT molecular complexity index is 777. The van der Waals surface area contributed by atoms with Crippen LogP contribution in [0.2, 0.25) is 0 Å². The monoisotopic (exact) mass is 328 g/mol. The van der Waals surface area contributed by atoms with Crippen molar-refractivity contribution in [2.75, 3.05) is 24.0 Å². The van der Waals surface area contributed by atoms with Gasteiger partial charge >= 0.3 is 0 Å². The SMILES string of the molecule is CS(=O)CCNS(=O)(=O)c1ccc2nc(NN)ccc2c1. The van der Waals surface area contributed by atoms with Gasteiger partial charge in [-0.3, -0.25) is 4.21 Å². The molecule has 0 saturated heterocycles. The van der Waals surface area contributed by atoms with Crippen molar-refractivity contribution in [1.29, 1.82) is 0 Å². The summed E-state index contributed by atoms with van der Waals surface area (Å²) in [6.45, 7) is 0.137. The van der Waals surface area contributed by atoms with E-state index in [2.05, 4.69) is 15.1 Å². The number of pyridine rings is 1. The summed E-state index contributed by atoms with van der Waals surface area (Å²) in [7, 11) is -4.65. The minimum atomic E-state index is -3.62. The van der Waals surface area contributed by atoms with E-state index in [4.69, 9.17) is 5.84 Å². The topological polar surface area (TPSA) is 114 Å². The van der Waals surface area contributed by atoms with E-state index in [1.807, 2.05) is 0 Å². The molecule has 0 radical (unpaired) electrons. The molecule has 7 nitrogen and oxygen atoms in total. The maximum Gasteiger partial charge on any atom is 0.240 e. The van der Waals surface area contributed by atoms with E-state index in [1.165, 1.54) is 18.4 Å². The first-order valence-electron chi connectivity index (χ1n) is 6.09. The molecule has 0 fully saturated rings. The summed E-state index contributed by atoms with van der Waals surface area (Å²) in [4.78, 5) is 4.36. The summed E-state index contributed by atoms with van der Waals surface area (Å²) in [6, 6.07) is 8.02. The molecule has 1 unspecified atom stereocenters. The Hall–Kier alpha value is -1.55. The van der Waals surface area contributed by atoms with Gasteiger partial charge in [0.25, 0.3) is 0 Å². The Morgan fingerprint density at radius 2 is 2.05 bits per heavy atom. The first kappa shape index (κ1) is 15.8. The van der Waals surface area contributed by atoms with Gasteiger partial charge in [0.2, 0.25) is 10.0 Å². The predicted molar refractivity (Wildman–Crippen MR) is 83.7 cm³/mol. The van der Waals surface area contributed by atoms with Crippen molar-refractivity contribution < 1.29 is 12.6 Å². The summed E-state index contributed by atoms with van der Waals surface area (Å²) in [5.41, 5.74) is 3.07. The number of nitrogen functional groups attached to an aromatic ring is 1. The Labute approximate surface area is 125 Å². The second kappa shape index (κ2) is 6.48. The number of nitrogens with two attached hydrogens (primary N) is 1. The van der Waals surface area contributed by atoms with Gasteiger partial charge in [-0.25, -0.2) is 24.0 Å². The third kappa shape index (κ3) is 3.97. The van der Waals surface area contributed by atoms with E-state index < -0.39 is 20.8 Å². The number of hydrogen-bond acceptors (Lipinski definition) is 6. The number of anilines is 1. The molecule has 1 aromatic heterocycles. The fourth-order valence-electron chi connectivity index (χ4n) is 1.75. The highest BCUT2D eigenvalue weighted by Crippen LogP contribution is 2.19. The van der Waals surface area contributed by atoms with E-state index in [9.17, 15) is 12.6 Å². The second-order valence-corrected chi connectivity index (χ2v) is 7.69. The molecule has 2 rings (SSSR count). The molecular formula is C12H16N4O3S2. The standard InChI is InChI=1S/C12H16N4O3S2/c1-20(17)7-6-14-21(18,19)10-3-4-11-9(8-10)2-5-12(15-11)16-13/h2-5,8,14H,6-7,13H2,1H3,(H,15,16). The fourth-order valence-corrected chi connectivity index (χ4v) is 3.34. The van der Waals surface area contributed by atoms with Crippen LogP contribution in [0, 0.1) is 0 Å². The molecule has 0 aliphatic heterocycles. The predicted octanol–water partition coefficient (Wildman–Crippen LogP) is 0.177. The number of nitrogens with one attached hydrogen (secondary N) is 2. The average molecular weight is 328 g/mol. The number of rotatable bonds is 6. The molecule has 1 atom stereocenters. The van der Waals surface area contributed by atoms with Crippen molar-refractivity contribution in [3.8, 4) is 0 Å². The van der Waals surface area contributed by atoms with Crippen LogP contribution in [-0.4, -0.2) is 36.2 Å². The van der Waals surface area contributed by atoms with Crippen molar-refractivity contribution in [1.82, 2.24) is 9.71 Å². The van der Waals surface area contributed by atoms with Gasteiger partial charge in [-0.15, -0.1) is 0 Å². The summed E-state index contributed by atoms with van der Waals surface area (Å²) < 4.78 is 37.6. The van der Waals surface area contributed by atoms with Crippen LogP contribution >= 0.6 is 0 Å². The number of nitrogens with zero attached hydrogens (tertiary/aromatic N) is 1. The van der Waals surface area contributed by atoms with Crippen LogP contribution in [0.4, 0.5) is 5.82 Å². The van der Waals surface area contributed by atoms with Crippen molar-refractivity contribution >= 4 is 37.5 Å². The van der Waals surface area contributed by atoms with Gasteiger partial charge in [-0.2, -0.15) is 0 Å². The molecule has 0 aliphatic rings. The van der Waals surface area contributed by atoms with Gasteiger partial charge in [0, 0.05) is 34.7 Å². The molecular weight excluding hydrogens is 312 g/mol. The van der Waals surface area contributed by atoms with Crippen LogP contribution < -0.4 is 16.0 Å². The van der Waals surface area contributed by atoms with Gasteiger partial charge in [0.1, 0.15) is 5.82 Å². The van der Waals surface area contributed by atoms with Crippen LogP contribution in [0.1, 0.15) is 0 Å². The van der Waals surface area contributed by atoms with E-state index in [0.29, 0.717) is 16.7 Å². The van der Waals surface area contributed by atoms with Crippen LogP contribution in [0.25, 0.3) is 10.9 Å². The number of benzene rings is 1. The summed E-state index contributed by atoms with van der Waals surface area (Å²) >= 11 is 0. The number of aromatic nitrogens is 1. The van der Waals surface area contributed by atoms with Crippen LogP contribution in [-0.2, 0) is 20.8 Å². The lowest BCUT2D eigenvalue weighted by atomic mass is 10.2. The maximum atomic E-state index is 12.1. The quantitative estimate of drug-likeness (QED) is 0.515. The third-order valence-corrected chi connectivity index (χ3v) is 5.04. The summed E-state index contributed by atoms with van der Waals surface area (Å²) in [5, 5.41) is 0.691. The van der Waals surface area contributed by atoms with Crippen molar-refractivity contribution in [3.05, 3.63) is 30.3 Å². The van der Waals surface area contributed by atoms with E-state index in [-0.39, 0.29) is 17.2 Å². The normalized spacial score (nSPS) is 13.2. The average Bonchev–Trinajstić information content (AvgIpc) is 2.45. The van der Waals surface area contributed by atoms with Gasteiger partial charge in [-0.05, 0) is 30.3 Å². The zero-order valence-corrected chi connectivity index (χ0v) is 13.0. The van der Waals surface area contributed by atoms with Gasteiger partial charge in [0.05, 0.1) is 10.4 Å². The Morgan fingerprint density at radius 1 is 1.29 bits per heavy atom. The lowest BCUT2D eigenvalue weighted by Crippen LogP contribution is -2.27. The molecule has 0 aliphatic carbocycles. The molecule has 0 amide bonds. The second-order valence-electron chi connectivity index (χ2n) is 4.37. The smallest absolute Gasteiger partial charge is 0.240 e. The molecule has 1 aromatic carbocycles. The molecule has 0 spiro atoms. The minimum absolute atomic E-state index is 0.137. The largest absolute Gasteiger partial charge is 0.308 e. The minimum Gasteiger partial charge on any atom is -0.308 e. The molecule has 9 heteroatoms. The lowest BCUT2D eigenvalue weighted by molar-refractivity contribution is 0.584. The first-order valence-corrected chi connectivity index (χ1v) is 9.30. The summed E-state index contributed by atoms with van der Waals surface area (Å²) in [6.07, 6.45) is 1.53.